The second kappa shape index (κ2) is 20.9. The number of ether oxygens (including phenoxy) is 3. The topological polar surface area (TPSA) is 209 Å². The molecule has 1 fully saturated rings. The third-order valence-corrected chi connectivity index (χ3v) is 18.3. The third kappa shape index (κ3) is 10.8. The van der Waals surface area contributed by atoms with Crippen molar-refractivity contribution in [3.05, 3.63) is 190 Å². The molecule has 1 aliphatic heterocycles. The van der Waals surface area contributed by atoms with Crippen molar-refractivity contribution in [3.63, 3.8) is 0 Å². The zero-order chi connectivity index (χ0) is 49.7. The van der Waals surface area contributed by atoms with Crippen LogP contribution in [0.2, 0.25) is 18.1 Å². The van der Waals surface area contributed by atoms with Crippen LogP contribution in [0.15, 0.2) is 152 Å². The number of hydrogen-bond donors (Lipinski definition) is 2. The molecule has 1 unspecified atom stereocenters. The summed E-state index contributed by atoms with van der Waals surface area (Å²) in [7, 11) is -6.17. The molecule has 364 valence electrons. The van der Waals surface area contributed by atoms with Crippen molar-refractivity contribution in [2.24, 2.45) is 0 Å². The van der Waals surface area contributed by atoms with Gasteiger partial charge in [-0.1, -0.05) is 124 Å². The smallest absolute Gasteiger partial charge is 0.472 e. The molecular weight excluding hydrogens is 932 g/mol. The van der Waals surface area contributed by atoms with Gasteiger partial charge < -0.3 is 28.8 Å². The van der Waals surface area contributed by atoms with E-state index in [0.717, 1.165) is 16.7 Å². The van der Waals surface area contributed by atoms with E-state index in [9.17, 15) is 24.4 Å². The van der Waals surface area contributed by atoms with Gasteiger partial charge in [-0.05, 0) is 71.1 Å². The molecule has 1 amide bonds. The van der Waals surface area contributed by atoms with E-state index in [2.05, 4.69) is 54.1 Å². The standard InChI is InChI=1S/C51H55N6O11PSi/c1-50(2,3)70(5,6)68-44-42(32-64-51(37-18-12-8-13-19-37,38-20-14-9-15-21-38)39-24-28-41(63-4)29-25-39)66-49(45(44)67-69(61,62)65-31-30-35-22-26-40(27-23-35)57(59)60)56-34-54-43-46(52-33-53-47(43)56)55-48(58)36-16-10-7-11-17-36/h7-29,33-34,42,44-45,49H,30-32H2,1-6H3,(H,61,62)(H,52,53,55,58)/t42-,44-,45-,49-/m1/s1. The molecule has 70 heavy (non-hydrogen) atoms. The number of benzene rings is 5. The van der Waals surface area contributed by atoms with Crippen molar-refractivity contribution in [2.45, 2.75) is 75.5 Å². The highest BCUT2D eigenvalue weighted by atomic mass is 31.2. The number of methoxy groups -OCH3 is 1. The number of phosphoric ester groups is 1. The Balaban J connectivity index is 1.21. The summed E-state index contributed by atoms with van der Waals surface area (Å²) in [6.07, 6.45) is -1.80. The number of anilines is 1. The highest BCUT2D eigenvalue weighted by molar-refractivity contribution is 7.47. The van der Waals surface area contributed by atoms with Gasteiger partial charge in [0.1, 0.15) is 36.0 Å². The first-order valence-corrected chi connectivity index (χ1v) is 27.1. The van der Waals surface area contributed by atoms with Crippen LogP contribution in [-0.2, 0) is 39.5 Å². The van der Waals surface area contributed by atoms with Crippen LogP contribution < -0.4 is 10.1 Å². The summed E-state index contributed by atoms with van der Waals surface area (Å²) in [6, 6.07) is 41.7. The second-order valence-electron chi connectivity index (χ2n) is 18.3. The highest BCUT2D eigenvalue weighted by Crippen LogP contribution is 2.52. The quantitative estimate of drug-likeness (QED) is 0.0254. The second-order valence-corrected chi connectivity index (χ2v) is 24.4. The molecule has 2 N–H and O–H groups in total. The van der Waals surface area contributed by atoms with Crippen molar-refractivity contribution in [3.8, 4) is 5.75 Å². The fourth-order valence-corrected chi connectivity index (χ4v) is 10.3. The molecule has 17 nitrogen and oxygen atoms in total. The maximum Gasteiger partial charge on any atom is 0.472 e. The molecular formula is C51H55N6O11PSi. The van der Waals surface area contributed by atoms with Gasteiger partial charge in [0.25, 0.3) is 11.6 Å². The van der Waals surface area contributed by atoms with Crippen molar-refractivity contribution in [1.29, 1.82) is 0 Å². The molecule has 7 aromatic rings. The van der Waals surface area contributed by atoms with E-state index in [1.165, 1.54) is 24.8 Å². The maximum atomic E-state index is 14.3. The Morgan fingerprint density at radius 1 is 0.843 bits per heavy atom. The number of carbonyl (C=O) groups excluding carboxylic acids is 1. The first-order valence-electron chi connectivity index (χ1n) is 22.7. The van der Waals surface area contributed by atoms with Crippen LogP contribution in [0, 0.1) is 10.1 Å². The van der Waals surface area contributed by atoms with Gasteiger partial charge in [0.05, 0.1) is 31.6 Å². The predicted molar refractivity (Wildman–Crippen MR) is 265 cm³/mol. The minimum atomic E-state index is -4.97. The van der Waals surface area contributed by atoms with Crippen molar-refractivity contribution in [2.75, 3.05) is 25.6 Å². The van der Waals surface area contributed by atoms with Crippen LogP contribution in [-0.4, -0.2) is 82.2 Å². The van der Waals surface area contributed by atoms with Gasteiger partial charge >= 0.3 is 7.82 Å². The van der Waals surface area contributed by atoms with E-state index in [1.807, 2.05) is 84.9 Å². The predicted octanol–water partition coefficient (Wildman–Crippen LogP) is 10.0. The lowest BCUT2D eigenvalue weighted by Crippen LogP contribution is -2.50. The van der Waals surface area contributed by atoms with E-state index >= 15 is 0 Å². The van der Waals surface area contributed by atoms with Crippen LogP contribution in [0.5, 0.6) is 5.75 Å². The summed E-state index contributed by atoms with van der Waals surface area (Å²) in [5.41, 5.74) is 2.58. The average Bonchev–Trinajstić information content (AvgIpc) is 3.93. The third-order valence-electron chi connectivity index (χ3n) is 12.8. The number of nitrogens with zero attached hydrogens (tertiary/aromatic N) is 5. The monoisotopic (exact) mass is 986 g/mol. The minimum absolute atomic E-state index is 0.0869. The Bertz CT molecular complexity index is 2900. The number of nitro benzene ring substituents is 1. The van der Waals surface area contributed by atoms with Gasteiger partial charge in [-0.25, -0.2) is 19.5 Å². The van der Waals surface area contributed by atoms with E-state index < -0.39 is 57.1 Å². The molecule has 0 aliphatic carbocycles. The summed E-state index contributed by atoms with van der Waals surface area (Å²) in [5.74, 6) is 0.364. The fourth-order valence-electron chi connectivity index (χ4n) is 8.11. The normalized spacial score (nSPS) is 18.3. The first kappa shape index (κ1) is 49.9. The van der Waals surface area contributed by atoms with Crippen molar-refractivity contribution in [1.82, 2.24) is 19.5 Å². The number of rotatable bonds is 19. The molecule has 1 saturated heterocycles. The molecule has 5 aromatic carbocycles. The van der Waals surface area contributed by atoms with Crippen LogP contribution in [0.1, 0.15) is 59.6 Å². The van der Waals surface area contributed by atoms with Gasteiger partial charge in [-0.3, -0.25) is 28.5 Å². The molecule has 0 saturated carbocycles. The first-order chi connectivity index (χ1) is 33.5. The van der Waals surface area contributed by atoms with E-state index in [1.54, 1.807) is 54.1 Å². The largest absolute Gasteiger partial charge is 0.497 e. The molecule has 2 aromatic heterocycles. The maximum absolute atomic E-state index is 14.3. The lowest BCUT2D eigenvalue weighted by atomic mass is 9.80. The SMILES string of the molecule is COc1ccc(C(OC[C@H]2O[C@@H](n3cnc4c(NC(=O)c5ccccc5)ncnc43)[C@H](OP(=O)(O)OCCc3ccc([N+](=O)[O-])cc3)[C@@H]2O[Si](C)(C)C(C)(C)C)(c2ccccc2)c2ccccc2)cc1. The lowest BCUT2D eigenvalue weighted by Gasteiger charge is -2.41. The molecule has 5 atom stereocenters. The number of nitrogens with one attached hydrogen (secondary N) is 1. The number of imidazole rings is 1. The van der Waals surface area contributed by atoms with Crippen LogP contribution in [0.25, 0.3) is 11.2 Å². The van der Waals surface area contributed by atoms with E-state index in [-0.39, 0.29) is 47.3 Å². The fraction of sp³-hybridized carbons (Fsp3) is 0.294. The van der Waals surface area contributed by atoms with Crippen molar-refractivity contribution >= 4 is 44.7 Å². The van der Waals surface area contributed by atoms with Gasteiger partial charge in [0, 0.05) is 17.7 Å². The number of fused-ring (bicyclic) bond motifs is 1. The summed E-state index contributed by atoms with van der Waals surface area (Å²) >= 11 is 0. The Hall–Kier alpha value is -6.47. The number of carbonyl (C=O) groups is 1. The van der Waals surface area contributed by atoms with E-state index in [4.69, 9.17) is 27.7 Å². The molecule has 19 heteroatoms. The van der Waals surface area contributed by atoms with Gasteiger partial charge in [-0.15, -0.1) is 0 Å². The number of phosphoric acid groups is 1. The zero-order valence-corrected chi connectivity index (χ0v) is 41.5. The zero-order valence-electron chi connectivity index (χ0n) is 39.6. The summed E-state index contributed by atoms with van der Waals surface area (Å²) in [6.45, 7) is 9.96. The molecule has 1 aliphatic rings. The van der Waals surface area contributed by atoms with E-state index in [0.29, 0.717) is 16.9 Å². The lowest BCUT2D eigenvalue weighted by molar-refractivity contribution is -0.384. The number of nitro groups is 1. The number of non-ortho nitro benzene ring substituents is 1. The molecule has 0 spiro atoms. The number of aromatic nitrogens is 4. The molecule has 0 radical (unpaired) electrons. The Labute approximate surface area is 406 Å². The molecule has 0 bridgehead atoms. The Morgan fingerprint density at radius 3 is 2.03 bits per heavy atom. The molecule has 3 heterocycles. The minimum Gasteiger partial charge on any atom is -0.497 e. The van der Waals surface area contributed by atoms with Crippen LogP contribution in [0.4, 0.5) is 11.5 Å². The van der Waals surface area contributed by atoms with Gasteiger partial charge in [-0.2, -0.15) is 0 Å². The van der Waals surface area contributed by atoms with Crippen LogP contribution >= 0.6 is 7.82 Å². The molecule has 8 rings (SSSR count). The summed E-state index contributed by atoms with van der Waals surface area (Å²) < 4.78 is 55.0. The number of hydrogen-bond acceptors (Lipinski definition) is 13. The Morgan fingerprint density at radius 2 is 1.44 bits per heavy atom. The number of amides is 1. The van der Waals surface area contributed by atoms with Crippen LogP contribution in [0.3, 0.4) is 0 Å². The highest BCUT2D eigenvalue weighted by Gasteiger charge is 2.55. The average molecular weight is 987 g/mol. The summed E-state index contributed by atoms with van der Waals surface area (Å²) in [5, 5.41) is 13.7. The van der Waals surface area contributed by atoms with Gasteiger partial charge in [0.15, 0.2) is 31.5 Å². The van der Waals surface area contributed by atoms with Gasteiger partial charge in [0.2, 0.25) is 0 Å². The van der Waals surface area contributed by atoms with Crippen molar-refractivity contribution < 1.29 is 46.9 Å². The Kier molecular flexibility index (Phi) is 14.9. The summed E-state index contributed by atoms with van der Waals surface area (Å²) in [4.78, 5) is 49.3.